The normalized spacial score (nSPS) is 11.4. The number of nitrogen functional groups attached to an aromatic ring is 1. The fourth-order valence-corrected chi connectivity index (χ4v) is 2.09. The van der Waals surface area contributed by atoms with Crippen LogP contribution in [-0.4, -0.2) is 4.98 Å². The van der Waals surface area contributed by atoms with Crippen molar-refractivity contribution >= 4 is 43.9 Å². The molecule has 1 aromatic heterocycles. The fourth-order valence-electron chi connectivity index (χ4n) is 1.83. The Morgan fingerprint density at radius 1 is 1.00 bits per heavy atom. The third-order valence-corrected chi connectivity index (χ3v) is 3.31. The molecule has 4 nitrogen and oxygen atoms in total. The second kappa shape index (κ2) is 4.85. The number of rotatable bonds is 2. The average molecular weight is 315 g/mol. The van der Waals surface area contributed by atoms with Crippen molar-refractivity contribution in [1.29, 1.82) is 0 Å². The van der Waals surface area contributed by atoms with Gasteiger partial charge in [0.2, 0.25) is 0 Å². The van der Waals surface area contributed by atoms with Gasteiger partial charge >= 0.3 is 0 Å². The number of aromatic nitrogens is 1. The summed E-state index contributed by atoms with van der Waals surface area (Å²) in [5.74, 6) is 0. The van der Waals surface area contributed by atoms with E-state index in [-0.39, 0.29) is 0 Å². The molecule has 0 atom stereocenters. The minimum atomic E-state index is 0.715. The summed E-state index contributed by atoms with van der Waals surface area (Å²) in [4.78, 5) is 3.14. The number of anilines is 1. The van der Waals surface area contributed by atoms with Crippen LogP contribution in [0.3, 0.4) is 0 Å². The zero-order valence-corrected chi connectivity index (χ0v) is 11.6. The number of aromatic amines is 1. The Morgan fingerprint density at radius 2 is 1.79 bits per heavy atom. The quantitative estimate of drug-likeness (QED) is 0.511. The van der Waals surface area contributed by atoms with Crippen LogP contribution in [-0.2, 0) is 0 Å². The molecule has 94 valence electrons. The summed E-state index contributed by atoms with van der Waals surface area (Å²) in [5, 5.41) is 9.44. The first-order valence-electron chi connectivity index (χ1n) is 5.76. The van der Waals surface area contributed by atoms with E-state index in [1.807, 2.05) is 48.7 Å². The molecular formula is C14H11BrN4. The number of azo groups is 1. The number of nitrogens with zero attached hydrogens (tertiary/aromatic N) is 2. The van der Waals surface area contributed by atoms with Crippen molar-refractivity contribution in [3.05, 3.63) is 53.1 Å². The Kier molecular flexibility index (Phi) is 3.05. The van der Waals surface area contributed by atoms with Gasteiger partial charge in [-0.1, -0.05) is 15.9 Å². The lowest BCUT2D eigenvalue weighted by Gasteiger charge is -1.95. The zero-order valence-electron chi connectivity index (χ0n) is 9.97. The molecule has 3 rings (SSSR count). The number of hydrogen-bond acceptors (Lipinski definition) is 3. The van der Waals surface area contributed by atoms with Gasteiger partial charge in [0.25, 0.3) is 0 Å². The van der Waals surface area contributed by atoms with Gasteiger partial charge in [0.05, 0.1) is 5.69 Å². The Labute approximate surface area is 118 Å². The summed E-state index contributed by atoms with van der Waals surface area (Å²) in [5.41, 5.74) is 9.09. The third kappa shape index (κ3) is 2.51. The maximum atomic E-state index is 5.78. The molecule has 1 heterocycles. The van der Waals surface area contributed by atoms with Gasteiger partial charge in [-0.25, -0.2) is 0 Å². The third-order valence-electron chi connectivity index (χ3n) is 2.78. The van der Waals surface area contributed by atoms with Gasteiger partial charge in [-0.3, -0.25) is 0 Å². The second-order valence-electron chi connectivity index (χ2n) is 4.16. The van der Waals surface area contributed by atoms with E-state index >= 15 is 0 Å². The summed E-state index contributed by atoms with van der Waals surface area (Å²) in [6, 6.07) is 13.3. The van der Waals surface area contributed by atoms with E-state index in [2.05, 4.69) is 31.1 Å². The largest absolute Gasteiger partial charge is 0.399 e. The second-order valence-corrected chi connectivity index (χ2v) is 5.07. The molecule has 0 aliphatic carbocycles. The van der Waals surface area contributed by atoms with Crippen LogP contribution < -0.4 is 5.73 Å². The minimum absolute atomic E-state index is 0.715. The van der Waals surface area contributed by atoms with Crippen molar-refractivity contribution in [2.24, 2.45) is 10.2 Å². The van der Waals surface area contributed by atoms with Crippen molar-refractivity contribution in [3.63, 3.8) is 0 Å². The van der Waals surface area contributed by atoms with Gasteiger partial charge in [-0.15, -0.1) is 5.11 Å². The van der Waals surface area contributed by atoms with Crippen LogP contribution in [0.4, 0.5) is 17.1 Å². The molecule has 0 aliphatic heterocycles. The molecule has 0 saturated carbocycles. The van der Waals surface area contributed by atoms with E-state index in [0.29, 0.717) is 5.69 Å². The number of hydrogen-bond donors (Lipinski definition) is 2. The summed E-state index contributed by atoms with van der Waals surface area (Å²) in [7, 11) is 0. The van der Waals surface area contributed by atoms with Crippen molar-refractivity contribution in [3.8, 4) is 0 Å². The number of nitrogens with two attached hydrogens (primary N) is 1. The van der Waals surface area contributed by atoms with Crippen LogP contribution in [0.2, 0.25) is 0 Å². The van der Waals surface area contributed by atoms with Crippen molar-refractivity contribution < 1.29 is 0 Å². The molecule has 0 unspecified atom stereocenters. The monoisotopic (exact) mass is 314 g/mol. The minimum Gasteiger partial charge on any atom is -0.399 e. The first-order valence-corrected chi connectivity index (χ1v) is 6.55. The first kappa shape index (κ1) is 11.9. The highest BCUT2D eigenvalue weighted by Crippen LogP contribution is 2.29. The van der Waals surface area contributed by atoms with Gasteiger partial charge < -0.3 is 10.7 Å². The van der Waals surface area contributed by atoms with E-state index < -0.39 is 0 Å². The molecular weight excluding hydrogens is 304 g/mol. The number of H-pyrrole nitrogens is 1. The Balaban J connectivity index is 1.96. The Hall–Kier alpha value is -2.14. The highest BCUT2D eigenvalue weighted by molar-refractivity contribution is 9.10. The average Bonchev–Trinajstić information content (AvgIpc) is 2.80. The lowest BCUT2D eigenvalue weighted by atomic mass is 10.2. The number of benzene rings is 2. The van der Waals surface area contributed by atoms with E-state index in [4.69, 9.17) is 5.73 Å². The van der Waals surface area contributed by atoms with E-state index in [1.54, 1.807) is 0 Å². The predicted octanol–water partition coefficient (Wildman–Crippen LogP) is 4.93. The lowest BCUT2D eigenvalue weighted by Crippen LogP contribution is -1.81. The molecule has 3 N–H and O–H groups in total. The Morgan fingerprint density at radius 3 is 2.58 bits per heavy atom. The molecule has 2 aromatic carbocycles. The molecule has 0 bridgehead atoms. The van der Waals surface area contributed by atoms with Gasteiger partial charge in [0.15, 0.2) is 0 Å². The molecule has 0 fully saturated rings. The SMILES string of the molecule is Nc1ccc2[nH]cc(N=Nc3ccc(Br)cc3)c2c1. The zero-order chi connectivity index (χ0) is 13.2. The highest BCUT2D eigenvalue weighted by Gasteiger charge is 2.02. The van der Waals surface area contributed by atoms with E-state index in [0.717, 1.165) is 26.8 Å². The maximum Gasteiger partial charge on any atom is 0.111 e. The number of fused-ring (bicyclic) bond motifs is 1. The summed E-state index contributed by atoms with van der Waals surface area (Å²) >= 11 is 3.38. The van der Waals surface area contributed by atoms with E-state index in [1.165, 1.54) is 0 Å². The predicted molar refractivity (Wildman–Crippen MR) is 81.0 cm³/mol. The molecule has 0 aliphatic rings. The summed E-state index contributed by atoms with van der Waals surface area (Å²) < 4.78 is 1.02. The fraction of sp³-hybridized carbons (Fsp3) is 0. The van der Waals surface area contributed by atoms with Gasteiger partial charge in [-0.05, 0) is 42.5 Å². The van der Waals surface area contributed by atoms with Crippen LogP contribution in [0, 0.1) is 0 Å². The molecule has 0 amide bonds. The van der Waals surface area contributed by atoms with Crippen molar-refractivity contribution in [2.45, 2.75) is 0 Å². The van der Waals surface area contributed by atoms with Gasteiger partial charge in [-0.2, -0.15) is 5.11 Å². The van der Waals surface area contributed by atoms with Crippen LogP contribution in [0.1, 0.15) is 0 Å². The molecule has 19 heavy (non-hydrogen) atoms. The van der Waals surface area contributed by atoms with Crippen LogP contribution >= 0.6 is 15.9 Å². The van der Waals surface area contributed by atoms with Crippen molar-refractivity contribution in [1.82, 2.24) is 4.98 Å². The molecule has 3 aromatic rings. The smallest absolute Gasteiger partial charge is 0.111 e. The van der Waals surface area contributed by atoms with Crippen LogP contribution in [0.15, 0.2) is 63.4 Å². The van der Waals surface area contributed by atoms with Crippen LogP contribution in [0.25, 0.3) is 10.9 Å². The van der Waals surface area contributed by atoms with Crippen molar-refractivity contribution in [2.75, 3.05) is 5.73 Å². The van der Waals surface area contributed by atoms with E-state index in [9.17, 15) is 0 Å². The van der Waals surface area contributed by atoms with Gasteiger partial charge in [0.1, 0.15) is 5.69 Å². The topological polar surface area (TPSA) is 66.5 Å². The molecule has 0 spiro atoms. The van der Waals surface area contributed by atoms with Gasteiger partial charge in [0, 0.05) is 27.3 Å². The molecule has 0 saturated heterocycles. The molecule has 0 radical (unpaired) electrons. The first-order chi connectivity index (χ1) is 9.22. The lowest BCUT2D eigenvalue weighted by molar-refractivity contribution is 1.24. The molecule has 5 heteroatoms. The summed E-state index contributed by atoms with van der Waals surface area (Å²) in [6.45, 7) is 0. The highest BCUT2D eigenvalue weighted by atomic mass is 79.9. The maximum absolute atomic E-state index is 5.78. The number of halogens is 1. The Bertz CT molecular complexity index is 744. The summed E-state index contributed by atoms with van der Waals surface area (Å²) in [6.07, 6.45) is 1.83. The number of nitrogens with one attached hydrogen (secondary N) is 1. The van der Waals surface area contributed by atoms with Crippen LogP contribution in [0.5, 0.6) is 0 Å². The standard InChI is InChI=1S/C14H11BrN4/c15-9-1-4-11(5-2-9)18-19-14-8-17-13-6-3-10(16)7-12(13)14/h1-8,17H,16H2.